The molecule has 5 N–H and O–H groups in total. The third-order valence-corrected chi connectivity index (χ3v) is 3.13. The summed E-state index contributed by atoms with van der Waals surface area (Å²) in [4.78, 5) is 22.4. The van der Waals surface area contributed by atoms with Crippen molar-refractivity contribution >= 4 is 11.9 Å². The molecule has 1 aliphatic rings. The van der Waals surface area contributed by atoms with Crippen molar-refractivity contribution in [3.8, 4) is 0 Å². The number of nitrogens with two attached hydrogens (primary N) is 1. The molecule has 17 heavy (non-hydrogen) atoms. The maximum absolute atomic E-state index is 11.9. The van der Waals surface area contributed by atoms with Crippen molar-refractivity contribution in [2.75, 3.05) is 26.7 Å². The van der Waals surface area contributed by atoms with Gasteiger partial charge in [0, 0.05) is 25.0 Å². The summed E-state index contributed by atoms with van der Waals surface area (Å²) in [5, 5.41) is 8.44. The quantitative estimate of drug-likeness (QED) is 0.434. The summed E-state index contributed by atoms with van der Waals surface area (Å²) in [5.41, 5.74) is 4.79. The van der Waals surface area contributed by atoms with E-state index >= 15 is 0 Å². The Hall–Kier alpha value is -1.30. The minimum absolute atomic E-state index is 0.145. The standard InChI is InChI=1S/C11H22N4O2/c1-13-7-8-14-9(16)11(4-5-11)3-2-6-15-10(12)17/h13H,2-8H2,1H3,(H,14,16)(H3,12,15,17). The third kappa shape index (κ3) is 4.60. The van der Waals surface area contributed by atoms with Crippen LogP contribution in [0.25, 0.3) is 0 Å². The molecular weight excluding hydrogens is 220 g/mol. The number of nitrogens with one attached hydrogen (secondary N) is 3. The zero-order valence-corrected chi connectivity index (χ0v) is 10.3. The van der Waals surface area contributed by atoms with E-state index in [0.29, 0.717) is 13.1 Å². The van der Waals surface area contributed by atoms with Crippen LogP contribution < -0.4 is 21.7 Å². The summed E-state index contributed by atoms with van der Waals surface area (Å²) in [6.45, 7) is 1.99. The number of hydrogen-bond donors (Lipinski definition) is 4. The molecule has 6 nitrogen and oxygen atoms in total. The van der Waals surface area contributed by atoms with Crippen LogP contribution >= 0.6 is 0 Å². The zero-order valence-electron chi connectivity index (χ0n) is 10.3. The molecule has 0 aromatic rings. The minimum Gasteiger partial charge on any atom is -0.354 e. The average molecular weight is 242 g/mol. The van der Waals surface area contributed by atoms with Crippen LogP contribution in [0.15, 0.2) is 0 Å². The van der Waals surface area contributed by atoms with Crippen LogP contribution in [0.4, 0.5) is 4.79 Å². The monoisotopic (exact) mass is 242 g/mol. The van der Waals surface area contributed by atoms with Crippen molar-refractivity contribution in [2.45, 2.75) is 25.7 Å². The number of carbonyl (C=O) groups excluding carboxylic acids is 2. The maximum Gasteiger partial charge on any atom is 0.312 e. The molecule has 0 aromatic carbocycles. The van der Waals surface area contributed by atoms with Crippen LogP contribution in [0.3, 0.4) is 0 Å². The molecule has 0 unspecified atom stereocenters. The molecular formula is C11H22N4O2. The number of amides is 3. The molecule has 0 atom stereocenters. The Morgan fingerprint density at radius 3 is 2.41 bits per heavy atom. The Bertz CT molecular complexity index is 277. The fourth-order valence-corrected chi connectivity index (χ4v) is 1.87. The van der Waals surface area contributed by atoms with Crippen LogP contribution in [0.5, 0.6) is 0 Å². The highest BCUT2D eigenvalue weighted by Gasteiger charge is 2.48. The number of carbonyl (C=O) groups is 2. The van der Waals surface area contributed by atoms with Crippen molar-refractivity contribution in [3.63, 3.8) is 0 Å². The first kappa shape index (κ1) is 13.8. The van der Waals surface area contributed by atoms with Crippen LogP contribution in [0.1, 0.15) is 25.7 Å². The van der Waals surface area contributed by atoms with E-state index in [0.717, 1.165) is 32.2 Å². The van der Waals surface area contributed by atoms with Crippen LogP contribution in [-0.2, 0) is 4.79 Å². The van der Waals surface area contributed by atoms with Gasteiger partial charge in [-0.3, -0.25) is 4.79 Å². The van der Waals surface area contributed by atoms with Gasteiger partial charge in [0.25, 0.3) is 0 Å². The molecule has 98 valence electrons. The van der Waals surface area contributed by atoms with Crippen molar-refractivity contribution in [3.05, 3.63) is 0 Å². The predicted octanol–water partition coefficient (Wildman–Crippen LogP) is -0.449. The van der Waals surface area contributed by atoms with Crippen molar-refractivity contribution < 1.29 is 9.59 Å². The summed E-state index contributed by atoms with van der Waals surface area (Å²) < 4.78 is 0. The van der Waals surface area contributed by atoms with Crippen molar-refractivity contribution in [2.24, 2.45) is 11.1 Å². The zero-order chi connectivity index (χ0) is 12.7. The Labute approximate surface area is 102 Å². The van der Waals surface area contributed by atoms with E-state index in [1.165, 1.54) is 0 Å². The lowest BCUT2D eigenvalue weighted by atomic mass is 9.99. The fourth-order valence-electron chi connectivity index (χ4n) is 1.87. The molecule has 0 bridgehead atoms. The van der Waals surface area contributed by atoms with Gasteiger partial charge in [-0.2, -0.15) is 0 Å². The van der Waals surface area contributed by atoms with Gasteiger partial charge in [-0.05, 0) is 32.7 Å². The van der Waals surface area contributed by atoms with E-state index in [1.807, 2.05) is 7.05 Å². The molecule has 0 radical (unpaired) electrons. The Kier molecular flexibility index (Phi) is 5.21. The first-order valence-corrected chi connectivity index (χ1v) is 6.07. The minimum atomic E-state index is -0.506. The van der Waals surface area contributed by atoms with E-state index in [4.69, 9.17) is 5.73 Å². The molecule has 1 fully saturated rings. The molecule has 1 aliphatic carbocycles. The molecule has 0 aromatic heterocycles. The summed E-state index contributed by atoms with van der Waals surface area (Å²) in [5.74, 6) is 0.145. The van der Waals surface area contributed by atoms with Gasteiger partial charge in [0.2, 0.25) is 5.91 Å². The average Bonchev–Trinajstić information content (AvgIpc) is 3.06. The van der Waals surface area contributed by atoms with Gasteiger partial charge in [-0.15, -0.1) is 0 Å². The van der Waals surface area contributed by atoms with Crippen LogP contribution in [0, 0.1) is 5.41 Å². The summed E-state index contributed by atoms with van der Waals surface area (Å²) in [6, 6.07) is -0.506. The van der Waals surface area contributed by atoms with Gasteiger partial charge >= 0.3 is 6.03 Å². The Morgan fingerprint density at radius 2 is 1.88 bits per heavy atom. The van der Waals surface area contributed by atoms with Crippen molar-refractivity contribution in [1.29, 1.82) is 0 Å². The lowest BCUT2D eigenvalue weighted by Crippen LogP contribution is -2.36. The van der Waals surface area contributed by atoms with Gasteiger partial charge in [-0.25, -0.2) is 4.79 Å². The number of urea groups is 1. The second kappa shape index (κ2) is 6.44. The topological polar surface area (TPSA) is 96.2 Å². The largest absolute Gasteiger partial charge is 0.354 e. The second-order valence-corrected chi connectivity index (χ2v) is 4.53. The van der Waals surface area contributed by atoms with E-state index in [-0.39, 0.29) is 11.3 Å². The Balaban J connectivity index is 2.17. The summed E-state index contributed by atoms with van der Waals surface area (Å²) in [7, 11) is 1.86. The molecule has 3 amide bonds. The van der Waals surface area contributed by atoms with E-state index in [1.54, 1.807) is 0 Å². The highest BCUT2D eigenvalue weighted by Crippen LogP contribution is 2.49. The van der Waals surface area contributed by atoms with Gasteiger partial charge in [0.05, 0.1) is 0 Å². The lowest BCUT2D eigenvalue weighted by molar-refractivity contribution is -0.126. The fraction of sp³-hybridized carbons (Fsp3) is 0.818. The number of hydrogen-bond acceptors (Lipinski definition) is 3. The van der Waals surface area contributed by atoms with Gasteiger partial charge in [0.15, 0.2) is 0 Å². The third-order valence-electron chi connectivity index (χ3n) is 3.13. The highest BCUT2D eigenvalue weighted by atomic mass is 16.2. The molecule has 0 spiro atoms. The first-order chi connectivity index (χ1) is 8.10. The van der Waals surface area contributed by atoms with Crippen LogP contribution in [0.2, 0.25) is 0 Å². The molecule has 1 rings (SSSR count). The molecule has 6 heteroatoms. The van der Waals surface area contributed by atoms with Gasteiger partial charge in [-0.1, -0.05) is 0 Å². The summed E-state index contributed by atoms with van der Waals surface area (Å²) in [6.07, 6.45) is 3.52. The highest BCUT2D eigenvalue weighted by molar-refractivity contribution is 5.85. The van der Waals surface area contributed by atoms with E-state index < -0.39 is 6.03 Å². The van der Waals surface area contributed by atoms with Gasteiger partial charge in [0.1, 0.15) is 0 Å². The molecule has 0 heterocycles. The lowest BCUT2D eigenvalue weighted by Gasteiger charge is -2.15. The number of likely N-dealkylation sites (N-methyl/N-ethyl adjacent to an activating group) is 1. The second-order valence-electron chi connectivity index (χ2n) is 4.53. The van der Waals surface area contributed by atoms with E-state index in [2.05, 4.69) is 16.0 Å². The molecule has 0 aliphatic heterocycles. The van der Waals surface area contributed by atoms with Crippen molar-refractivity contribution in [1.82, 2.24) is 16.0 Å². The number of rotatable bonds is 8. The number of primary amides is 1. The smallest absolute Gasteiger partial charge is 0.312 e. The first-order valence-electron chi connectivity index (χ1n) is 6.07. The van der Waals surface area contributed by atoms with Gasteiger partial charge < -0.3 is 21.7 Å². The SMILES string of the molecule is CNCCNC(=O)C1(CCCNC(N)=O)CC1. The predicted molar refractivity (Wildman–Crippen MR) is 65.4 cm³/mol. The Morgan fingerprint density at radius 1 is 1.18 bits per heavy atom. The van der Waals surface area contributed by atoms with E-state index in [9.17, 15) is 9.59 Å². The molecule has 1 saturated carbocycles. The normalized spacial score (nSPS) is 16.3. The van der Waals surface area contributed by atoms with Crippen LogP contribution in [-0.4, -0.2) is 38.6 Å². The summed E-state index contributed by atoms with van der Waals surface area (Å²) >= 11 is 0. The molecule has 0 saturated heterocycles. The maximum atomic E-state index is 11.9.